The van der Waals surface area contributed by atoms with E-state index in [1.807, 2.05) is 54.6 Å². The van der Waals surface area contributed by atoms with E-state index in [4.69, 9.17) is 14.3 Å². The summed E-state index contributed by atoms with van der Waals surface area (Å²) in [5.41, 5.74) is 2.41. The van der Waals surface area contributed by atoms with Gasteiger partial charge < -0.3 is 9.47 Å². The summed E-state index contributed by atoms with van der Waals surface area (Å²) in [6.07, 6.45) is -0.854. The van der Waals surface area contributed by atoms with Crippen LogP contribution in [-0.2, 0) is 21.0 Å². The lowest BCUT2D eigenvalue weighted by atomic mass is 9.91. The molecule has 7 nitrogen and oxygen atoms in total. The van der Waals surface area contributed by atoms with E-state index in [-0.39, 0.29) is 11.8 Å². The number of hydrogen-bond donors (Lipinski definition) is 0. The summed E-state index contributed by atoms with van der Waals surface area (Å²) in [5, 5.41) is 1.59. The minimum Gasteiger partial charge on any atom is -0.493 e. The fourth-order valence-corrected chi connectivity index (χ4v) is 4.52. The van der Waals surface area contributed by atoms with Crippen molar-refractivity contribution in [3.05, 3.63) is 90.0 Å². The van der Waals surface area contributed by atoms with Gasteiger partial charge in [0.2, 0.25) is 5.91 Å². The number of hydrogen-bond acceptors (Lipinski definition) is 6. The molecule has 2 saturated heterocycles. The standard InChI is InChI=1S/C26H24N2O5/c1-27-23(22-24(33-27)26(30)28(25(22)29)19-11-7-4-8-12-19)18-13-14-20(21(15-18)31-2)32-16-17-9-5-3-6-10-17/h3-15,22-24H,16H2,1-2H3/t22-,23-,24+/m0/s1. The van der Waals surface area contributed by atoms with Crippen LogP contribution in [0.4, 0.5) is 5.69 Å². The molecule has 0 saturated carbocycles. The molecule has 7 heteroatoms. The lowest BCUT2D eigenvalue weighted by Crippen LogP contribution is -2.36. The number of para-hydroxylation sites is 1. The van der Waals surface area contributed by atoms with Crippen molar-refractivity contribution in [3.63, 3.8) is 0 Å². The lowest BCUT2D eigenvalue weighted by molar-refractivity contribution is -0.160. The summed E-state index contributed by atoms with van der Waals surface area (Å²) in [6.45, 7) is 0.409. The molecule has 0 spiro atoms. The summed E-state index contributed by atoms with van der Waals surface area (Å²) < 4.78 is 11.5. The average Bonchev–Trinajstić information content (AvgIpc) is 3.31. The fraction of sp³-hybridized carbons (Fsp3) is 0.231. The molecule has 5 rings (SSSR count). The van der Waals surface area contributed by atoms with Crippen LogP contribution in [-0.4, -0.2) is 37.1 Å². The van der Waals surface area contributed by atoms with Crippen LogP contribution in [0.15, 0.2) is 78.9 Å². The van der Waals surface area contributed by atoms with Gasteiger partial charge in [0.15, 0.2) is 17.6 Å². The number of rotatable bonds is 6. The molecule has 0 N–H and O–H groups in total. The highest BCUT2D eigenvalue weighted by Crippen LogP contribution is 2.46. The first-order valence-corrected chi connectivity index (χ1v) is 10.8. The van der Waals surface area contributed by atoms with Crippen molar-refractivity contribution in [3.8, 4) is 11.5 Å². The van der Waals surface area contributed by atoms with Gasteiger partial charge in [-0.3, -0.25) is 14.4 Å². The largest absolute Gasteiger partial charge is 0.493 e. The highest BCUT2D eigenvalue weighted by molar-refractivity contribution is 6.23. The van der Waals surface area contributed by atoms with Crippen LogP contribution >= 0.6 is 0 Å². The second-order valence-electron chi connectivity index (χ2n) is 8.07. The maximum Gasteiger partial charge on any atom is 0.265 e. The van der Waals surface area contributed by atoms with E-state index < -0.39 is 18.1 Å². The van der Waals surface area contributed by atoms with Gasteiger partial charge >= 0.3 is 0 Å². The van der Waals surface area contributed by atoms with E-state index >= 15 is 0 Å². The Bertz CT molecular complexity index is 1170. The van der Waals surface area contributed by atoms with E-state index in [1.54, 1.807) is 43.5 Å². The first-order chi connectivity index (χ1) is 16.1. The van der Waals surface area contributed by atoms with Crippen molar-refractivity contribution < 1.29 is 23.9 Å². The van der Waals surface area contributed by atoms with Crippen LogP contribution in [0.3, 0.4) is 0 Å². The van der Waals surface area contributed by atoms with Gasteiger partial charge in [-0.1, -0.05) is 54.6 Å². The van der Waals surface area contributed by atoms with Crippen molar-refractivity contribution in [1.29, 1.82) is 0 Å². The minimum atomic E-state index is -0.854. The molecule has 2 heterocycles. The van der Waals surface area contributed by atoms with Gasteiger partial charge in [0.25, 0.3) is 5.91 Å². The Labute approximate surface area is 192 Å². The molecule has 168 valence electrons. The quantitative estimate of drug-likeness (QED) is 0.540. The monoisotopic (exact) mass is 444 g/mol. The Morgan fingerprint density at radius 1 is 0.879 bits per heavy atom. The Balaban J connectivity index is 1.41. The molecular weight excluding hydrogens is 420 g/mol. The number of ether oxygens (including phenoxy) is 2. The molecule has 0 aliphatic carbocycles. The third-order valence-corrected chi connectivity index (χ3v) is 6.09. The molecule has 0 radical (unpaired) electrons. The van der Waals surface area contributed by atoms with Crippen molar-refractivity contribution in [1.82, 2.24) is 5.06 Å². The van der Waals surface area contributed by atoms with Gasteiger partial charge in [0, 0.05) is 7.05 Å². The zero-order valence-electron chi connectivity index (χ0n) is 18.4. The number of amides is 2. The van der Waals surface area contributed by atoms with Gasteiger partial charge in [0.05, 0.1) is 24.8 Å². The summed E-state index contributed by atoms with van der Waals surface area (Å²) in [4.78, 5) is 33.4. The van der Waals surface area contributed by atoms with Crippen molar-refractivity contribution in [2.75, 3.05) is 19.1 Å². The van der Waals surface area contributed by atoms with Gasteiger partial charge in [-0.25, -0.2) is 4.90 Å². The van der Waals surface area contributed by atoms with Crippen molar-refractivity contribution in [2.45, 2.75) is 18.8 Å². The number of fused-ring (bicyclic) bond motifs is 1. The molecule has 2 fully saturated rings. The van der Waals surface area contributed by atoms with Gasteiger partial charge in [0.1, 0.15) is 6.61 Å². The van der Waals surface area contributed by atoms with Crippen LogP contribution in [0.1, 0.15) is 17.2 Å². The van der Waals surface area contributed by atoms with Crippen LogP contribution < -0.4 is 14.4 Å². The molecule has 2 aliphatic rings. The summed E-state index contributed by atoms with van der Waals surface area (Å²) >= 11 is 0. The first kappa shape index (κ1) is 21.2. The highest BCUT2D eigenvalue weighted by atomic mass is 16.7. The Morgan fingerprint density at radius 2 is 1.58 bits per heavy atom. The Morgan fingerprint density at radius 3 is 2.27 bits per heavy atom. The molecule has 2 aliphatic heterocycles. The minimum absolute atomic E-state index is 0.270. The van der Waals surface area contributed by atoms with Crippen molar-refractivity contribution >= 4 is 17.5 Å². The number of carbonyl (C=O) groups is 2. The maximum absolute atomic E-state index is 13.4. The zero-order valence-corrected chi connectivity index (χ0v) is 18.4. The molecule has 0 bridgehead atoms. The topological polar surface area (TPSA) is 68.3 Å². The second kappa shape index (κ2) is 8.69. The van der Waals surface area contributed by atoms with E-state index in [2.05, 4.69) is 0 Å². The maximum atomic E-state index is 13.4. The predicted molar refractivity (Wildman–Crippen MR) is 122 cm³/mol. The number of methoxy groups -OCH3 is 1. The average molecular weight is 444 g/mol. The SMILES string of the molecule is COc1cc([C@H]2[C@@H]3C(=O)N(c4ccccc4)C(=O)[C@@H]3ON2C)ccc1OCc1ccccc1. The first-order valence-electron chi connectivity index (χ1n) is 10.8. The van der Waals surface area contributed by atoms with Crippen molar-refractivity contribution in [2.24, 2.45) is 5.92 Å². The number of imide groups is 1. The normalized spacial score (nSPS) is 22.5. The van der Waals surface area contributed by atoms with E-state index in [1.165, 1.54) is 4.90 Å². The summed E-state index contributed by atoms with van der Waals surface area (Å²) in [7, 11) is 3.32. The van der Waals surface area contributed by atoms with E-state index in [9.17, 15) is 9.59 Å². The molecular formula is C26H24N2O5. The van der Waals surface area contributed by atoms with Gasteiger partial charge in [-0.2, -0.15) is 5.06 Å². The second-order valence-corrected chi connectivity index (χ2v) is 8.07. The lowest BCUT2D eigenvalue weighted by Gasteiger charge is -2.24. The number of carbonyl (C=O) groups excluding carboxylic acids is 2. The van der Waals surface area contributed by atoms with Crippen LogP contribution in [0, 0.1) is 5.92 Å². The molecule has 0 aromatic heterocycles. The Hall–Kier alpha value is -3.68. The number of benzene rings is 3. The van der Waals surface area contributed by atoms with E-state index in [0.29, 0.717) is 23.8 Å². The van der Waals surface area contributed by atoms with Crippen LogP contribution in [0.25, 0.3) is 0 Å². The molecule has 2 amide bonds. The number of anilines is 1. The predicted octanol–water partition coefficient (Wildman–Crippen LogP) is 3.75. The highest BCUT2D eigenvalue weighted by Gasteiger charge is 2.59. The number of nitrogens with zero attached hydrogens (tertiary/aromatic N) is 2. The third-order valence-electron chi connectivity index (χ3n) is 6.09. The van der Waals surface area contributed by atoms with Gasteiger partial charge in [-0.05, 0) is 35.4 Å². The van der Waals surface area contributed by atoms with Crippen LogP contribution in [0.2, 0.25) is 0 Å². The molecule has 3 aromatic rings. The molecule has 0 unspecified atom stereocenters. The molecule has 3 atom stereocenters. The van der Waals surface area contributed by atoms with E-state index in [0.717, 1.165) is 11.1 Å². The molecule has 3 aromatic carbocycles. The van der Waals surface area contributed by atoms with Crippen LogP contribution in [0.5, 0.6) is 11.5 Å². The number of hydroxylamine groups is 2. The summed E-state index contributed by atoms with van der Waals surface area (Å²) in [5.74, 6) is -0.113. The third kappa shape index (κ3) is 3.75. The zero-order chi connectivity index (χ0) is 22.9. The molecule has 33 heavy (non-hydrogen) atoms. The summed E-state index contributed by atoms with van der Waals surface area (Å²) in [6, 6.07) is 23.9. The Kier molecular flexibility index (Phi) is 5.58. The van der Waals surface area contributed by atoms with Gasteiger partial charge in [-0.15, -0.1) is 0 Å². The smallest absolute Gasteiger partial charge is 0.265 e. The fourth-order valence-electron chi connectivity index (χ4n) is 4.52.